The smallest absolute Gasteiger partial charge is 0.388 e. The Morgan fingerprint density at radius 3 is 2.59 bits per heavy atom. The summed E-state index contributed by atoms with van der Waals surface area (Å²) < 4.78 is 41.8. The number of ether oxygens (including phenoxy) is 1. The molecule has 17 heavy (non-hydrogen) atoms. The van der Waals surface area contributed by atoms with Crippen LogP contribution in [0.5, 0.6) is 0 Å². The number of hydrogen-bond acceptors (Lipinski definition) is 4. The van der Waals surface area contributed by atoms with Gasteiger partial charge < -0.3 is 15.2 Å². The molecule has 0 spiro atoms. The van der Waals surface area contributed by atoms with Gasteiger partial charge in [-0.2, -0.15) is 13.2 Å². The van der Waals surface area contributed by atoms with E-state index in [1.54, 1.807) is 0 Å². The Morgan fingerprint density at radius 2 is 2.12 bits per heavy atom. The SMILES string of the molecule is O[C@H]1COC[C@@H]1Nc1ccc(C(F)(F)F)cn1. The molecule has 1 fully saturated rings. The Morgan fingerprint density at radius 1 is 1.35 bits per heavy atom. The molecule has 0 saturated carbocycles. The van der Waals surface area contributed by atoms with Crippen LogP contribution in [0.1, 0.15) is 5.56 Å². The molecule has 1 aromatic heterocycles. The number of nitrogens with zero attached hydrogens (tertiary/aromatic N) is 1. The molecule has 2 rings (SSSR count). The number of halogens is 3. The summed E-state index contributed by atoms with van der Waals surface area (Å²) in [6.45, 7) is 0.530. The molecule has 0 aromatic carbocycles. The van der Waals surface area contributed by atoms with Gasteiger partial charge in [0.25, 0.3) is 0 Å². The maximum absolute atomic E-state index is 12.3. The number of aliphatic hydroxyl groups excluding tert-OH is 1. The first-order valence-electron chi connectivity index (χ1n) is 5.02. The van der Waals surface area contributed by atoms with Gasteiger partial charge in [-0.15, -0.1) is 0 Å². The minimum Gasteiger partial charge on any atom is -0.388 e. The first kappa shape index (κ1) is 12.1. The van der Waals surface area contributed by atoms with Gasteiger partial charge in [-0.05, 0) is 12.1 Å². The van der Waals surface area contributed by atoms with Gasteiger partial charge in [0.05, 0.1) is 30.9 Å². The molecule has 2 atom stereocenters. The number of aromatic nitrogens is 1. The van der Waals surface area contributed by atoms with Crippen molar-refractivity contribution in [3.05, 3.63) is 23.9 Å². The van der Waals surface area contributed by atoms with Gasteiger partial charge in [-0.25, -0.2) is 4.98 Å². The molecular weight excluding hydrogens is 237 g/mol. The average molecular weight is 248 g/mol. The largest absolute Gasteiger partial charge is 0.417 e. The van der Waals surface area contributed by atoms with Crippen molar-refractivity contribution in [2.45, 2.75) is 18.3 Å². The van der Waals surface area contributed by atoms with Crippen LogP contribution in [0.2, 0.25) is 0 Å². The Labute approximate surface area is 95.4 Å². The summed E-state index contributed by atoms with van der Waals surface area (Å²) in [6, 6.07) is 1.84. The van der Waals surface area contributed by atoms with Gasteiger partial charge in [-0.3, -0.25) is 0 Å². The van der Waals surface area contributed by atoms with Crippen LogP contribution in [0, 0.1) is 0 Å². The summed E-state index contributed by atoms with van der Waals surface area (Å²) in [6.07, 6.45) is -4.30. The Bertz CT molecular complexity index is 380. The normalized spacial score (nSPS) is 24.9. The Balaban J connectivity index is 2.03. The highest BCUT2D eigenvalue weighted by atomic mass is 19.4. The Hall–Kier alpha value is -1.34. The minimum atomic E-state index is -4.39. The molecule has 1 saturated heterocycles. The summed E-state index contributed by atoms with van der Waals surface area (Å²) >= 11 is 0. The van der Waals surface area contributed by atoms with Crippen LogP contribution < -0.4 is 5.32 Å². The van der Waals surface area contributed by atoms with E-state index in [4.69, 9.17) is 4.74 Å². The molecule has 0 bridgehead atoms. The van der Waals surface area contributed by atoms with Crippen molar-refractivity contribution in [3.63, 3.8) is 0 Å². The van der Waals surface area contributed by atoms with E-state index in [-0.39, 0.29) is 18.5 Å². The van der Waals surface area contributed by atoms with E-state index in [2.05, 4.69) is 10.3 Å². The van der Waals surface area contributed by atoms with Gasteiger partial charge in [-0.1, -0.05) is 0 Å². The molecular formula is C10H11F3N2O2. The van der Waals surface area contributed by atoms with Crippen LogP contribution in [-0.2, 0) is 10.9 Å². The third-order valence-corrected chi connectivity index (χ3v) is 2.47. The summed E-state index contributed by atoms with van der Waals surface area (Å²) in [5.74, 6) is 0.285. The summed E-state index contributed by atoms with van der Waals surface area (Å²) in [5.41, 5.74) is -0.800. The van der Waals surface area contributed by atoms with Crippen molar-refractivity contribution >= 4 is 5.82 Å². The van der Waals surface area contributed by atoms with E-state index in [0.717, 1.165) is 12.3 Å². The fourth-order valence-corrected chi connectivity index (χ4v) is 1.52. The zero-order valence-electron chi connectivity index (χ0n) is 8.74. The van der Waals surface area contributed by atoms with E-state index in [0.29, 0.717) is 6.61 Å². The van der Waals surface area contributed by atoms with Crippen molar-refractivity contribution in [1.29, 1.82) is 0 Å². The van der Waals surface area contributed by atoms with E-state index in [1.165, 1.54) is 6.07 Å². The molecule has 1 aliphatic rings. The van der Waals surface area contributed by atoms with Gasteiger partial charge in [0.2, 0.25) is 0 Å². The second-order valence-corrected chi connectivity index (χ2v) is 3.79. The third-order valence-electron chi connectivity index (χ3n) is 2.47. The maximum atomic E-state index is 12.3. The number of anilines is 1. The molecule has 0 amide bonds. The molecule has 2 N–H and O–H groups in total. The highest BCUT2D eigenvalue weighted by molar-refractivity contribution is 5.37. The van der Waals surface area contributed by atoms with Crippen molar-refractivity contribution in [1.82, 2.24) is 4.98 Å². The van der Waals surface area contributed by atoms with Gasteiger partial charge >= 0.3 is 6.18 Å². The molecule has 1 aliphatic heterocycles. The van der Waals surface area contributed by atoms with Crippen LogP contribution in [0.15, 0.2) is 18.3 Å². The lowest BCUT2D eigenvalue weighted by Crippen LogP contribution is -2.32. The molecule has 1 aromatic rings. The van der Waals surface area contributed by atoms with Crippen LogP contribution >= 0.6 is 0 Å². The van der Waals surface area contributed by atoms with Crippen molar-refractivity contribution < 1.29 is 23.0 Å². The fourth-order valence-electron chi connectivity index (χ4n) is 1.52. The molecule has 4 nitrogen and oxygen atoms in total. The van der Waals surface area contributed by atoms with E-state index >= 15 is 0 Å². The molecule has 0 unspecified atom stereocenters. The maximum Gasteiger partial charge on any atom is 0.417 e. The Kier molecular flexibility index (Phi) is 3.21. The van der Waals surface area contributed by atoms with Crippen molar-refractivity contribution in [3.8, 4) is 0 Å². The summed E-state index contributed by atoms with van der Waals surface area (Å²) in [5, 5.41) is 12.3. The highest BCUT2D eigenvalue weighted by Crippen LogP contribution is 2.29. The zero-order valence-corrected chi connectivity index (χ0v) is 8.74. The predicted molar refractivity (Wildman–Crippen MR) is 53.5 cm³/mol. The van der Waals surface area contributed by atoms with Crippen LogP contribution in [0.4, 0.5) is 19.0 Å². The quantitative estimate of drug-likeness (QED) is 0.827. The molecule has 0 aliphatic carbocycles. The summed E-state index contributed by atoms with van der Waals surface area (Å²) in [4.78, 5) is 3.65. The molecule has 7 heteroatoms. The number of rotatable bonds is 2. The highest BCUT2D eigenvalue weighted by Gasteiger charge is 2.31. The average Bonchev–Trinajstić information content (AvgIpc) is 2.64. The predicted octanol–water partition coefficient (Wildman–Crippen LogP) is 1.27. The van der Waals surface area contributed by atoms with Gasteiger partial charge in [0.15, 0.2) is 0 Å². The third kappa shape index (κ3) is 2.86. The van der Waals surface area contributed by atoms with Crippen molar-refractivity contribution in [2.75, 3.05) is 18.5 Å². The van der Waals surface area contributed by atoms with Gasteiger partial charge in [0.1, 0.15) is 5.82 Å². The molecule has 2 heterocycles. The fraction of sp³-hybridized carbons (Fsp3) is 0.500. The first-order chi connectivity index (χ1) is 7.97. The topological polar surface area (TPSA) is 54.4 Å². The van der Waals surface area contributed by atoms with Gasteiger partial charge in [0, 0.05) is 6.20 Å². The number of pyridine rings is 1. The second-order valence-electron chi connectivity index (χ2n) is 3.79. The van der Waals surface area contributed by atoms with Crippen LogP contribution in [0.25, 0.3) is 0 Å². The van der Waals surface area contributed by atoms with Crippen LogP contribution in [-0.4, -0.2) is 35.5 Å². The first-order valence-corrected chi connectivity index (χ1v) is 5.02. The van der Waals surface area contributed by atoms with E-state index in [9.17, 15) is 18.3 Å². The lowest BCUT2D eigenvalue weighted by atomic mass is 10.2. The number of alkyl halides is 3. The monoisotopic (exact) mass is 248 g/mol. The minimum absolute atomic E-state index is 0.221. The van der Waals surface area contributed by atoms with Crippen molar-refractivity contribution in [2.24, 2.45) is 0 Å². The standard InChI is InChI=1S/C10H11F3N2O2/c11-10(12,13)6-1-2-9(14-3-6)15-7-4-17-5-8(7)16/h1-3,7-8,16H,4-5H2,(H,14,15)/t7-,8-/m0/s1. The van der Waals surface area contributed by atoms with E-state index < -0.39 is 17.8 Å². The lowest BCUT2D eigenvalue weighted by molar-refractivity contribution is -0.137. The van der Waals surface area contributed by atoms with Crippen LogP contribution in [0.3, 0.4) is 0 Å². The molecule has 0 radical (unpaired) electrons. The number of nitrogens with one attached hydrogen (secondary N) is 1. The second kappa shape index (κ2) is 4.50. The van der Waals surface area contributed by atoms with E-state index in [1.807, 2.05) is 0 Å². The number of hydrogen-bond donors (Lipinski definition) is 2. The molecule has 94 valence electrons. The summed E-state index contributed by atoms with van der Waals surface area (Å²) in [7, 11) is 0. The number of aliphatic hydroxyl groups is 1. The zero-order chi connectivity index (χ0) is 12.5. The lowest BCUT2D eigenvalue weighted by Gasteiger charge is -2.15.